The van der Waals surface area contributed by atoms with Gasteiger partial charge >= 0.3 is 5.97 Å². The van der Waals surface area contributed by atoms with E-state index < -0.39 is 11.9 Å². The first-order valence-corrected chi connectivity index (χ1v) is 9.12. The van der Waals surface area contributed by atoms with Gasteiger partial charge in [0.05, 0.1) is 12.7 Å². The molecule has 2 N–H and O–H groups in total. The molecule has 0 saturated heterocycles. The zero-order valence-corrected chi connectivity index (χ0v) is 16.6. The molecular weight excluding hydrogens is 370 g/mol. The Morgan fingerprint density at radius 2 is 1.93 bits per heavy atom. The molecule has 0 fully saturated rings. The summed E-state index contributed by atoms with van der Waals surface area (Å²) in [6.07, 6.45) is 1.45. The number of benzene rings is 2. The van der Waals surface area contributed by atoms with Gasteiger partial charge in [-0.25, -0.2) is 4.79 Å². The van der Waals surface area contributed by atoms with Crippen LogP contribution in [0.25, 0.3) is 6.08 Å². The first-order valence-electron chi connectivity index (χ1n) is 9.12. The van der Waals surface area contributed by atoms with E-state index in [0.717, 1.165) is 18.8 Å². The standard InChI is InChI=1S/C22H23N3O4/c1-4-25(5-2)19-10-9-15(20(13-19)29-3)11-17(14-23)21(26)24-18-8-6-7-16(12-18)22(27)28/h6-13H,4-5H2,1-3H3,(H,24,26)(H,27,28)/b17-11-. The Labute approximate surface area is 169 Å². The van der Waals surface area contributed by atoms with Crippen molar-refractivity contribution in [3.05, 3.63) is 59.2 Å². The molecule has 0 atom stereocenters. The van der Waals surface area contributed by atoms with Crippen LogP contribution in [0.4, 0.5) is 11.4 Å². The second kappa shape index (κ2) is 9.95. The van der Waals surface area contributed by atoms with Crippen molar-refractivity contribution >= 4 is 29.3 Å². The van der Waals surface area contributed by atoms with E-state index in [9.17, 15) is 14.9 Å². The maximum absolute atomic E-state index is 12.5. The van der Waals surface area contributed by atoms with Crippen molar-refractivity contribution in [1.82, 2.24) is 0 Å². The number of aromatic carboxylic acids is 1. The predicted octanol–water partition coefficient (Wildman–Crippen LogP) is 3.79. The van der Waals surface area contributed by atoms with Crippen LogP contribution in [-0.4, -0.2) is 37.2 Å². The molecule has 0 aromatic heterocycles. The summed E-state index contributed by atoms with van der Waals surface area (Å²) in [5.74, 6) is -1.19. The van der Waals surface area contributed by atoms with Crippen LogP contribution in [0.3, 0.4) is 0 Å². The van der Waals surface area contributed by atoms with Gasteiger partial charge in [-0.2, -0.15) is 5.26 Å². The highest BCUT2D eigenvalue weighted by molar-refractivity contribution is 6.10. The fraction of sp³-hybridized carbons (Fsp3) is 0.227. The Hall–Kier alpha value is -3.79. The molecule has 0 radical (unpaired) electrons. The number of amides is 1. The van der Waals surface area contributed by atoms with Crippen LogP contribution in [0, 0.1) is 11.3 Å². The summed E-state index contributed by atoms with van der Waals surface area (Å²) >= 11 is 0. The number of ether oxygens (including phenoxy) is 1. The third-order valence-corrected chi connectivity index (χ3v) is 4.38. The van der Waals surface area contributed by atoms with Gasteiger partial charge in [-0.1, -0.05) is 6.07 Å². The Kier molecular flexibility index (Phi) is 7.38. The summed E-state index contributed by atoms with van der Waals surface area (Å²) in [5.41, 5.74) is 1.78. The number of carbonyl (C=O) groups excluding carboxylic acids is 1. The Bertz CT molecular complexity index is 972. The number of hydrogen-bond donors (Lipinski definition) is 2. The predicted molar refractivity (Wildman–Crippen MR) is 112 cm³/mol. The van der Waals surface area contributed by atoms with Crippen LogP contribution in [-0.2, 0) is 4.79 Å². The van der Waals surface area contributed by atoms with Crippen molar-refractivity contribution in [3.8, 4) is 11.8 Å². The Morgan fingerprint density at radius 1 is 1.21 bits per heavy atom. The fourth-order valence-corrected chi connectivity index (χ4v) is 2.84. The number of hydrogen-bond acceptors (Lipinski definition) is 5. The van der Waals surface area contributed by atoms with E-state index in [1.807, 2.05) is 18.2 Å². The number of nitrogens with one attached hydrogen (secondary N) is 1. The largest absolute Gasteiger partial charge is 0.496 e. The van der Waals surface area contributed by atoms with Crippen molar-refractivity contribution in [2.45, 2.75) is 13.8 Å². The number of nitrogens with zero attached hydrogens (tertiary/aromatic N) is 2. The maximum atomic E-state index is 12.5. The monoisotopic (exact) mass is 393 g/mol. The summed E-state index contributed by atoms with van der Waals surface area (Å²) in [5, 5.41) is 21.0. The van der Waals surface area contributed by atoms with Crippen molar-refractivity contribution in [1.29, 1.82) is 5.26 Å². The lowest BCUT2D eigenvalue weighted by atomic mass is 10.1. The molecule has 7 nitrogen and oxygen atoms in total. The average Bonchev–Trinajstić information content (AvgIpc) is 2.73. The van der Waals surface area contributed by atoms with Crippen LogP contribution < -0.4 is 15.0 Å². The highest BCUT2D eigenvalue weighted by atomic mass is 16.5. The first kappa shape index (κ1) is 21.5. The van der Waals surface area contributed by atoms with E-state index in [2.05, 4.69) is 24.1 Å². The van der Waals surface area contributed by atoms with Crippen LogP contribution in [0.1, 0.15) is 29.8 Å². The van der Waals surface area contributed by atoms with E-state index in [1.165, 1.54) is 31.4 Å². The van der Waals surface area contributed by atoms with E-state index >= 15 is 0 Å². The second-order valence-electron chi connectivity index (χ2n) is 6.11. The Balaban J connectivity index is 2.31. The molecule has 2 rings (SSSR count). The lowest BCUT2D eigenvalue weighted by Gasteiger charge is -2.22. The molecule has 0 heterocycles. The zero-order valence-electron chi connectivity index (χ0n) is 16.6. The minimum Gasteiger partial charge on any atom is -0.496 e. The highest BCUT2D eigenvalue weighted by Gasteiger charge is 2.13. The summed E-state index contributed by atoms with van der Waals surface area (Å²) < 4.78 is 5.43. The van der Waals surface area contributed by atoms with Gasteiger partial charge in [0.25, 0.3) is 5.91 Å². The van der Waals surface area contributed by atoms with Gasteiger partial charge in [-0.15, -0.1) is 0 Å². The lowest BCUT2D eigenvalue weighted by molar-refractivity contribution is -0.112. The maximum Gasteiger partial charge on any atom is 0.335 e. The van der Waals surface area contributed by atoms with E-state index in [1.54, 1.807) is 12.1 Å². The van der Waals surface area contributed by atoms with Crippen LogP contribution in [0.5, 0.6) is 5.75 Å². The quantitative estimate of drug-likeness (QED) is 0.523. The van der Waals surface area contributed by atoms with Gasteiger partial charge in [-0.3, -0.25) is 4.79 Å². The molecule has 2 aromatic carbocycles. The van der Waals surface area contributed by atoms with Crippen molar-refractivity contribution in [2.24, 2.45) is 0 Å². The van der Waals surface area contributed by atoms with Crippen LogP contribution in [0.15, 0.2) is 48.0 Å². The number of carboxylic acids is 1. The lowest BCUT2D eigenvalue weighted by Crippen LogP contribution is -2.21. The minimum atomic E-state index is -1.10. The molecule has 0 aliphatic heterocycles. The summed E-state index contributed by atoms with van der Waals surface area (Å²) in [6, 6.07) is 13.3. The smallest absolute Gasteiger partial charge is 0.335 e. The molecule has 0 bridgehead atoms. The van der Waals surface area contributed by atoms with Crippen molar-refractivity contribution in [2.75, 3.05) is 30.4 Å². The summed E-state index contributed by atoms with van der Waals surface area (Å²) in [6.45, 7) is 5.80. The molecule has 0 aliphatic rings. The molecule has 2 aromatic rings. The summed E-state index contributed by atoms with van der Waals surface area (Å²) in [4.78, 5) is 25.7. The van der Waals surface area contributed by atoms with Gasteiger partial charge in [0, 0.05) is 36.1 Å². The number of carboxylic acid groups (broad SMARTS) is 1. The molecule has 0 spiro atoms. The van der Waals surface area contributed by atoms with Crippen molar-refractivity contribution in [3.63, 3.8) is 0 Å². The second-order valence-corrected chi connectivity index (χ2v) is 6.11. The molecule has 150 valence electrons. The number of carbonyl (C=O) groups is 2. The number of rotatable bonds is 8. The van der Waals surface area contributed by atoms with Gasteiger partial charge < -0.3 is 20.1 Å². The van der Waals surface area contributed by atoms with Crippen LogP contribution in [0.2, 0.25) is 0 Å². The number of anilines is 2. The van der Waals surface area contributed by atoms with E-state index in [0.29, 0.717) is 17.0 Å². The zero-order chi connectivity index (χ0) is 21.4. The Morgan fingerprint density at radius 3 is 2.52 bits per heavy atom. The third kappa shape index (κ3) is 5.36. The third-order valence-electron chi connectivity index (χ3n) is 4.38. The van der Waals surface area contributed by atoms with Gasteiger partial charge in [0.1, 0.15) is 17.4 Å². The van der Waals surface area contributed by atoms with E-state index in [4.69, 9.17) is 9.84 Å². The molecule has 29 heavy (non-hydrogen) atoms. The summed E-state index contributed by atoms with van der Waals surface area (Å²) in [7, 11) is 1.53. The number of nitriles is 1. The minimum absolute atomic E-state index is 0.0407. The van der Waals surface area contributed by atoms with Crippen LogP contribution >= 0.6 is 0 Å². The topological polar surface area (TPSA) is 103 Å². The SMILES string of the molecule is CCN(CC)c1ccc(/C=C(/C#N)C(=O)Nc2cccc(C(=O)O)c2)c(OC)c1. The fourth-order valence-electron chi connectivity index (χ4n) is 2.84. The molecule has 1 amide bonds. The average molecular weight is 393 g/mol. The van der Waals surface area contributed by atoms with Gasteiger partial charge in [-0.05, 0) is 50.3 Å². The molecule has 0 saturated carbocycles. The highest BCUT2D eigenvalue weighted by Crippen LogP contribution is 2.27. The molecule has 7 heteroatoms. The normalized spacial score (nSPS) is 10.8. The number of methoxy groups -OCH3 is 1. The van der Waals surface area contributed by atoms with Gasteiger partial charge in [0.2, 0.25) is 0 Å². The van der Waals surface area contributed by atoms with Gasteiger partial charge in [0.15, 0.2) is 0 Å². The first-order chi connectivity index (χ1) is 13.9. The molecule has 0 unspecified atom stereocenters. The van der Waals surface area contributed by atoms with Crippen molar-refractivity contribution < 1.29 is 19.4 Å². The van der Waals surface area contributed by atoms with E-state index in [-0.39, 0.29) is 11.1 Å². The molecule has 0 aliphatic carbocycles. The molecular formula is C22H23N3O4.